The zero-order chi connectivity index (χ0) is 27.4. The lowest BCUT2D eigenvalue weighted by Gasteiger charge is -2.35. The van der Waals surface area contributed by atoms with Gasteiger partial charge in [-0.3, -0.25) is 14.3 Å². The molecule has 0 saturated carbocycles. The number of amides is 2. The van der Waals surface area contributed by atoms with Crippen molar-refractivity contribution in [2.45, 2.75) is 52.6 Å². The summed E-state index contributed by atoms with van der Waals surface area (Å²) in [6.07, 6.45) is 6.22. The third kappa shape index (κ3) is 6.14. The molecule has 1 aliphatic rings. The van der Waals surface area contributed by atoms with Gasteiger partial charge in [0, 0.05) is 35.8 Å². The third-order valence-corrected chi connectivity index (χ3v) is 6.33. The summed E-state index contributed by atoms with van der Waals surface area (Å²) in [5.41, 5.74) is 1.18. The van der Waals surface area contributed by atoms with E-state index in [1.165, 1.54) is 0 Å². The van der Waals surface area contributed by atoms with Crippen LogP contribution in [0.15, 0.2) is 42.9 Å². The van der Waals surface area contributed by atoms with E-state index < -0.39 is 17.3 Å². The van der Waals surface area contributed by atoms with Crippen LogP contribution in [-0.4, -0.2) is 55.6 Å². The van der Waals surface area contributed by atoms with Gasteiger partial charge in [-0.2, -0.15) is 10.4 Å². The fourth-order valence-electron chi connectivity index (χ4n) is 4.26. The van der Waals surface area contributed by atoms with Crippen molar-refractivity contribution in [3.8, 4) is 17.3 Å². The highest BCUT2D eigenvalue weighted by Crippen LogP contribution is 2.28. The van der Waals surface area contributed by atoms with Crippen molar-refractivity contribution in [2.75, 3.05) is 18.4 Å². The number of carbonyl (C=O) groups excluding carboxylic acids is 2. The molecule has 1 atom stereocenters. The van der Waals surface area contributed by atoms with Crippen LogP contribution in [0.2, 0.25) is 0 Å². The Morgan fingerprint density at radius 3 is 2.47 bits per heavy atom. The van der Waals surface area contributed by atoms with Crippen LogP contribution >= 0.6 is 0 Å². The van der Waals surface area contributed by atoms with Gasteiger partial charge in [0.15, 0.2) is 5.82 Å². The van der Waals surface area contributed by atoms with Gasteiger partial charge in [0.2, 0.25) is 11.9 Å². The first-order valence-electron chi connectivity index (χ1n) is 12.5. The van der Waals surface area contributed by atoms with E-state index >= 15 is 0 Å². The maximum atomic E-state index is 14.6. The molecule has 1 fully saturated rings. The van der Waals surface area contributed by atoms with Crippen LogP contribution in [0.1, 0.15) is 56.9 Å². The Morgan fingerprint density at radius 2 is 1.84 bits per heavy atom. The van der Waals surface area contributed by atoms with E-state index in [4.69, 9.17) is 5.26 Å². The summed E-state index contributed by atoms with van der Waals surface area (Å²) in [6.45, 7) is 8.75. The number of rotatable bonds is 6. The monoisotopic (exact) mass is 518 g/mol. The van der Waals surface area contributed by atoms with Gasteiger partial charge in [-0.1, -0.05) is 32.9 Å². The molecule has 198 valence electrons. The summed E-state index contributed by atoms with van der Waals surface area (Å²) in [5, 5.41) is 19.0. The van der Waals surface area contributed by atoms with Crippen LogP contribution < -0.4 is 10.6 Å². The lowest BCUT2D eigenvalue weighted by atomic mass is 9.93. The quantitative estimate of drug-likeness (QED) is 0.503. The Labute approximate surface area is 220 Å². The van der Waals surface area contributed by atoms with E-state index in [9.17, 15) is 14.0 Å². The van der Waals surface area contributed by atoms with E-state index in [2.05, 4.69) is 25.7 Å². The van der Waals surface area contributed by atoms with Crippen LogP contribution in [0.3, 0.4) is 0 Å². The molecule has 2 amide bonds. The molecule has 38 heavy (non-hydrogen) atoms. The number of aromatic nitrogens is 4. The molecule has 1 aliphatic heterocycles. The van der Waals surface area contributed by atoms with Gasteiger partial charge in [-0.15, -0.1) is 0 Å². The Hall–Kier alpha value is -4.33. The molecule has 3 aromatic rings. The highest BCUT2D eigenvalue weighted by Gasteiger charge is 2.31. The molecule has 3 heterocycles. The first kappa shape index (κ1) is 26.7. The number of nitrogens with zero attached hydrogens (tertiary/aromatic N) is 6. The second-order valence-electron chi connectivity index (χ2n) is 10.4. The molecule has 2 N–H and O–H groups in total. The summed E-state index contributed by atoms with van der Waals surface area (Å²) >= 11 is 0. The van der Waals surface area contributed by atoms with E-state index in [1.807, 2.05) is 42.6 Å². The maximum absolute atomic E-state index is 14.6. The Kier molecular flexibility index (Phi) is 7.71. The molecule has 0 bridgehead atoms. The average molecular weight is 519 g/mol. The number of nitriles is 1. The Morgan fingerprint density at radius 1 is 1.16 bits per heavy atom. The molecule has 11 heteroatoms. The minimum absolute atomic E-state index is 0.0862. The number of benzene rings is 1. The van der Waals surface area contributed by atoms with E-state index in [0.29, 0.717) is 29.9 Å². The standard InChI is InChI=1S/C27H31FN8O2/c1-17(13-29)32-24(37)19-7-5-18(6-8-19)23-22(28)15-30-26(34-23)33-20-14-31-36(16-20)21-9-11-35(12-10-21)25(38)27(2,3)4/h5-8,14-17,21H,9-12H2,1-4H3,(H,32,37)(H,30,33,34)/t17-/m0/s1. The molecule has 0 radical (unpaired) electrons. The number of piperidine rings is 1. The second kappa shape index (κ2) is 11.0. The highest BCUT2D eigenvalue weighted by molar-refractivity contribution is 5.95. The summed E-state index contributed by atoms with van der Waals surface area (Å²) in [7, 11) is 0. The highest BCUT2D eigenvalue weighted by atomic mass is 19.1. The number of nitrogens with one attached hydrogen (secondary N) is 2. The summed E-state index contributed by atoms with van der Waals surface area (Å²) in [6, 6.07) is 7.78. The maximum Gasteiger partial charge on any atom is 0.252 e. The van der Waals surface area contributed by atoms with Gasteiger partial charge in [-0.05, 0) is 31.9 Å². The molecule has 1 aromatic carbocycles. The van der Waals surface area contributed by atoms with E-state index in [0.717, 1.165) is 19.0 Å². The van der Waals surface area contributed by atoms with Gasteiger partial charge < -0.3 is 15.5 Å². The fraction of sp³-hybridized carbons (Fsp3) is 0.407. The average Bonchev–Trinajstić information content (AvgIpc) is 3.37. The van der Waals surface area contributed by atoms with Crippen molar-refractivity contribution < 1.29 is 14.0 Å². The zero-order valence-corrected chi connectivity index (χ0v) is 21.9. The molecular weight excluding hydrogens is 487 g/mol. The van der Waals surface area contributed by atoms with Crippen molar-refractivity contribution in [3.05, 3.63) is 54.2 Å². The number of hydrogen-bond acceptors (Lipinski definition) is 7. The second-order valence-corrected chi connectivity index (χ2v) is 10.4. The van der Waals surface area contributed by atoms with Crippen molar-refractivity contribution in [2.24, 2.45) is 5.41 Å². The van der Waals surface area contributed by atoms with Gasteiger partial charge in [0.25, 0.3) is 5.91 Å². The van der Waals surface area contributed by atoms with E-state index in [-0.39, 0.29) is 29.5 Å². The number of likely N-dealkylation sites (tertiary alicyclic amines) is 1. The van der Waals surface area contributed by atoms with Gasteiger partial charge in [0.05, 0.1) is 30.2 Å². The lowest BCUT2D eigenvalue weighted by Crippen LogP contribution is -2.44. The fourth-order valence-corrected chi connectivity index (χ4v) is 4.26. The summed E-state index contributed by atoms with van der Waals surface area (Å²) < 4.78 is 16.4. The molecule has 1 saturated heterocycles. The molecule has 4 rings (SSSR count). The van der Waals surface area contributed by atoms with Crippen LogP contribution in [0, 0.1) is 22.6 Å². The topological polar surface area (TPSA) is 129 Å². The van der Waals surface area contributed by atoms with E-state index in [1.54, 1.807) is 37.4 Å². The Balaban J connectivity index is 1.41. The number of hydrogen-bond donors (Lipinski definition) is 2. The smallest absolute Gasteiger partial charge is 0.252 e. The largest absolute Gasteiger partial charge is 0.342 e. The van der Waals surface area contributed by atoms with Crippen LogP contribution in [0.4, 0.5) is 16.0 Å². The minimum atomic E-state index is -0.620. The molecule has 0 unspecified atom stereocenters. The number of halogens is 1. The summed E-state index contributed by atoms with van der Waals surface area (Å²) in [5.74, 6) is -0.622. The SMILES string of the molecule is C[C@@H](C#N)NC(=O)c1ccc(-c2nc(Nc3cnn(C4CCN(C(=O)C(C)(C)C)CC4)c3)ncc2F)cc1. The zero-order valence-electron chi connectivity index (χ0n) is 21.9. The predicted octanol–water partition coefficient (Wildman–Crippen LogP) is 4.07. The van der Waals surface area contributed by atoms with Crippen molar-refractivity contribution >= 4 is 23.5 Å². The molecule has 0 aliphatic carbocycles. The van der Waals surface area contributed by atoms with Gasteiger partial charge >= 0.3 is 0 Å². The summed E-state index contributed by atoms with van der Waals surface area (Å²) in [4.78, 5) is 35.0. The number of carbonyl (C=O) groups is 2. The van der Waals surface area contributed by atoms with Crippen LogP contribution in [0.25, 0.3) is 11.3 Å². The first-order valence-corrected chi connectivity index (χ1v) is 12.5. The normalized spacial score (nSPS) is 15.0. The van der Waals surface area contributed by atoms with Gasteiger partial charge in [0.1, 0.15) is 11.7 Å². The molecule has 10 nitrogen and oxygen atoms in total. The van der Waals surface area contributed by atoms with Crippen molar-refractivity contribution in [1.82, 2.24) is 30.0 Å². The lowest BCUT2D eigenvalue weighted by molar-refractivity contribution is -0.140. The predicted molar refractivity (Wildman–Crippen MR) is 140 cm³/mol. The van der Waals surface area contributed by atoms with Crippen LogP contribution in [0.5, 0.6) is 0 Å². The first-order chi connectivity index (χ1) is 18.0. The minimum Gasteiger partial charge on any atom is -0.342 e. The van der Waals surface area contributed by atoms with Gasteiger partial charge in [-0.25, -0.2) is 14.4 Å². The molecule has 2 aromatic heterocycles. The third-order valence-electron chi connectivity index (χ3n) is 6.33. The molecule has 0 spiro atoms. The number of anilines is 2. The molecular formula is C27H31FN8O2. The van der Waals surface area contributed by atoms with Crippen LogP contribution in [-0.2, 0) is 4.79 Å². The Bertz CT molecular complexity index is 1350. The van der Waals surface area contributed by atoms with Crippen molar-refractivity contribution in [3.63, 3.8) is 0 Å². The van der Waals surface area contributed by atoms with Crippen molar-refractivity contribution in [1.29, 1.82) is 5.26 Å².